The Morgan fingerprint density at radius 2 is 1.72 bits per heavy atom. The molecule has 5 rings (SSSR count). The highest BCUT2D eigenvalue weighted by Crippen LogP contribution is 2.43. The minimum Gasteiger partial charge on any atom is -0.508 e. The first-order valence-electron chi connectivity index (χ1n) is 11.1. The molecule has 1 unspecified atom stereocenters. The van der Waals surface area contributed by atoms with Crippen molar-refractivity contribution in [2.24, 2.45) is 0 Å². The number of ether oxygens (including phenoxy) is 1. The highest BCUT2D eigenvalue weighted by molar-refractivity contribution is 6.20. The molecule has 0 saturated carbocycles. The summed E-state index contributed by atoms with van der Waals surface area (Å²) in [6.07, 6.45) is 0.0556. The van der Waals surface area contributed by atoms with E-state index in [0.717, 1.165) is 0 Å². The SMILES string of the molecule is COC(=O)Cc1ccc(N2C(=O)C(O)=C(C(=O)c3cc4ccccc4o3)C2c2cccc(O)c2)cc1. The Morgan fingerprint density at radius 3 is 2.42 bits per heavy atom. The minimum absolute atomic E-state index is 0.0222. The van der Waals surface area contributed by atoms with Crippen LogP contribution >= 0.6 is 0 Å². The summed E-state index contributed by atoms with van der Waals surface area (Å²) in [5, 5.41) is 21.7. The van der Waals surface area contributed by atoms with Crippen LogP contribution in [0.2, 0.25) is 0 Å². The van der Waals surface area contributed by atoms with E-state index >= 15 is 0 Å². The lowest BCUT2D eigenvalue weighted by atomic mass is 9.94. The number of rotatable bonds is 6. The molecule has 2 N–H and O–H groups in total. The average Bonchev–Trinajstić information content (AvgIpc) is 3.43. The van der Waals surface area contributed by atoms with Crippen molar-refractivity contribution in [2.75, 3.05) is 12.0 Å². The predicted molar refractivity (Wildman–Crippen MR) is 131 cm³/mol. The summed E-state index contributed by atoms with van der Waals surface area (Å²) in [6, 6.07) is 20.3. The van der Waals surface area contributed by atoms with E-state index in [4.69, 9.17) is 9.15 Å². The highest BCUT2D eigenvalue weighted by atomic mass is 16.5. The van der Waals surface area contributed by atoms with Crippen molar-refractivity contribution in [3.05, 3.63) is 107 Å². The summed E-state index contributed by atoms with van der Waals surface area (Å²) in [6.45, 7) is 0. The molecule has 0 aliphatic carbocycles. The molecule has 1 atom stereocenters. The number of phenols is 1. The van der Waals surface area contributed by atoms with Gasteiger partial charge in [0.25, 0.3) is 5.91 Å². The van der Waals surface area contributed by atoms with Gasteiger partial charge in [-0.25, -0.2) is 0 Å². The van der Waals surface area contributed by atoms with Gasteiger partial charge in [0.15, 0.2) is 11.5 Å². The third kappa shape index (κ3) is 3.98. The third-order valence-electron chi connectivity index (χ3n) is 6.08. The number of esters is 1. The Morgan fingerprint density at radius 1 is 0.972 bits per heavy atom. The fourth-order valence-corrected chi connectivity index (χ4v) is 4.35. The molecule has 0 saturated heterocycles. The van der Waals surface area contributed by atoms with Gasteiger partial charge in [-0.1, -0.05) is 42.5 Å². The number of hydrogen-bond donors (Lipinski definition) is 2. The number of anilines is 1. The average molecular weight is 483 g/mol. The molecule has 8 heteroatoms. The van der Waals surface area contributed by atoms with E-state index < -0.39 is 29.5 Å². The van der Waals surface area contributed by atoms with Crippen molar-refractivity contribution < 1.29 is 33.8 Å². The zero-order valence-electron chi connectivity index (χ0n) is 19.2. The fraction of sp³-hybridized carbons (Fsp3) is 0.107. The standard InChI is InChI=1S/C28H21NO7/c1-35-23(31)13-16-9-11-19(12-10-16)29-25(18-6-4-7-20(30)14-18)24(27(33)28(29)34)26(32)22-15-17-5-2-3-8-21(17)36-22/h2-12,14-15,25,30,33H,13H2,1H3. The van der Waals surface area contributed by atoms with E-state index in [2.05, 4.69) is 0 Å². The van der Waals surface area contributed by atoms with E-state index in [9.17, 15) is 24.6 Å². The van der Waals surface area contributed by atoms with Crippen LogP contribution < -0.4 is 4.90 Å². The Kier molecular flexibility index (Phi) is 5.77. The topological polar surface area (TPSA) is 117 Å². The molecular formula is C28H21NO7. The molecule has 0 fully saturated rings. The number of hydrogen-bond acceptors (Lipinski definition) is 7. The van der Waals surface area contributed by atoms with Gasteiger partial charge in [-0.15, -0.1) is 0 Å². The molecule has 8 nitrogen and oxygen atoms in total. The van der Waals surface area contributed by atoms with E-state index in [1.54, 1.807) is 60.7 Å². The van der Waals surface area contributed by atoms with Crippen LogP contribution in [-0.2, 0) is 20.7 Å². The molecule has 0 radical (unpaired) electrons. The molecule has 0 spiro atoms. The van der Waals surface area contributed by atoms with E-state index in [1.807, 2.05) is 6.07 Å². The van der Waals surface area contributed by atoms with Crippen molar-refractivity contribution in [3.63, 3.8) is 0 Å². The molecule has 1 aliphatic heterocycles. The van der Waals surface area contributed by atoms with Crippen molar-refractivity contribution in [1.29, 1.82) is 0 Å². The minimum atomic E-state index is -1.03. The number of para-hydroxylation sites is 1. The predicted octanol–water partition coefficient (Wildman–Crippen LogP) is 4.64. The maximum atomic E-state index is 13.6. The van der Waals surface area contributed by atoms with Crippen LogP contribution in [0.3, 0.4) is 0 Å². The number of aromatic hydroxyl groups is 1. The smallest absolute Gasteiger partial charge is 0.309 e. The maximum Gasteiger partial charge on any atom is 0.309 e. The number of aliphatic hydroxyl groups excluding tert-OH is 1. The molecule has 3 aromatic carbocycles. The van der Waals surface area contributed by atoms with E-state index in [-0.39, 0.29) is 23.5 Å². The molecule has 0 bridgehead atoms. The van der Waals surface area contributed by atoms with Crippen molar-refractivity contribution >= 4 is 34.3 Å². The van der Waals surface area contributed by atoms with Gasteiger partial charge < -0.3 is 19.4 Å². The number of fused-ring (bicyclic) bond motifs is 1. The van der Waals surface area contributed by atoms with Gasteiger partial charge in [0.1, 0.15) is 11.3 Å². The molecular weight excluding hydrogens is 462 g/mol. The summed E-state index contributed by atoms with van der Waals surface area (Å²) in [7, 11) is 1.30. The van der Waals surface area contributed by atoms with Crippen molar-refractivity contribution in [2.45, 2.75) is 12.5 Å². The number of carbonyl (C=O) groups is 3. The van der Waals surface area contributed by atoms with Crippen LogP contribution in [0.5, 0.6) is 5.75 Å². The number of benzene rings is 3. The van der Waals surface area contributed by atoms with Crippen molar-refractivity contribution in [3.8, 4) is 5.75 Å². The number of phenolic OH excluding ortho intramolecular Hbond substituents is 1. The summed E-state index contributed by atoms with van der Waals surface area (Å²) in [4.78, 5) is 39.8. The number of carbonyl (C=O) groups excluding carboxylic acids is 3. The summed E-state index contributed by atoms with van der Waals surface area (Å²) < 4.78 is 10.4. The molecule has 1 aliphatic rings. The second kappa shape index (κ2) is 9.07. The van der Waals surface area contributed by atoms with Crippen LogP contribution in [0, 0.1) is 0 Å². The Labute approximate surface area is 205 Å². The lowest BCUT2D eigenvalue weighted by Gasteiger charge is -2.27. The van der Waals surface area contributed by atoms with Crippen molar-refractivity contribution in [1.82, 2.24) is 0 Å². The van der Waals surface area contributed by atoms with Gasteiger partial charge in [-0.05, 0) is 47.5 Å². The molecule has 180 valence electrons. The fourth-order valence-electron chi connectivity index (χ4n) is 4.35. The first kappa shape index (κ1) is 22.9. The molecule has 2 heterocycles. The maximum absolute atomic E-state index is 13.6. The highest BCUT2D eigenvalue weighted by Gasteiger charge is 2.45. The summed E-state index contributed by atoms with van der Waals surface area (Å²) in [5.74, 6) is -2.61. The van der Waals surface area contributed by atoms with Gasteiger partial charge in [-0.3, -0.25) is 19.3 Å². The first-order valence-corrected chi connectivity index (χ1v) is 11.1. The molecule has 1 aromatic heterocycles. The van der Waals surface area contributed by atoms with Gasteiger partial charge in [-0.2, -0.15) is 0 Å². The van der Waals surface area contributed by atoms with E-state index in [0.29, 0.717) is 27.8 Å². The van der Waals surface area contributed by atoms with Gasteiger partial charge in [0.2, 0.25) is 5.78 Å². The second-order valence-electron chi connectivity index (χ2n) is 8.33. The molecule has 4 aromatic rings. The Bertz CT molecular complexity index is 1500. The summed E-state index contributed by atoms with van der Waals surface area (Å²) >= 11 is 0. The first-order chi connectivity index (χ1) is 17.4. The van der Waals surface area contributed by atoms with Gasteiger partial charge in [0, 0.05) is 11.1 Å². The van der Waals surface area contributed by atoms with Crippen LogP contribution in [-0.4, -0.2) is 35.0 Å². The summed E-state index contributed by atoms with van der Waals surface area (Å²) in [5.41, 5.74) is 1.81. The lowest BCUT2D eigenvalue weighted by molar-refractivity contribution is -0.139. The number of methoxy groups -OCH3 is 1. The lowest BCUT2D eigenvalue weighted by Crippen LogP contribution is -2.31. The van der Waals surface area contributed by atoms with Gasteiger partial charge >= 0.3 is 5.97 Å². The largest absolute Gasteiger partial charge is 0.508 e. The van der Waals surface area contributed by atoms with Crippen LogP contribution in [0.4, 0.5) is 5.69 Å². The number of amides is 1. The number of Topliss-reactive ketones (excluding diaryl/α,β-unsaturated/α-hetero) is 1. The number of ketones is 1. The zero-order chi connectivity index (χ0) is 25.4. The van der Waals surface area contributed by atoms with Crippen LogP contribution in [0.1, 0.15) is 27.7 Å². The Balaban J connectivity index is 1.59. The normalized spacial score (nSPS) is 15.5. The molecule has 1 amide bonds. The second-order valence-corrected chi connectivity index (χ2v) is 8.33. The zero-order valence-corrected chi connectivity index (χ0v) is 19.2. The monoisotopic (exact) mass is 483 g/mol. The quantitative estimate of drug-likeness (QED) is 0.303. The number of aliphatic hydroxyl groups is 1. The van der Waals surface area contributed by atoms with Crippen LogP contribution in [0.25, 0.3) is 11.0 Å². The molecule has 36 heavy (non-hydrogen) atoms. The van der Waals surface area contributed by atoms with Crippen LogP contribution in [0.15, 0.2) is 94.6 Å². The number of furan rings is 1. The van der Waals surface area contributed by atoms with Gasteiger partial charge in [0.05, 0.1) is 25.1 Å². The Hall–Kier alpha value is -4.85. The number of nitrogens with zero attached hydrogens (tertiary/aromatic N) is 1. The third-order valence-corrected chi connectivity index (χ3v) is 6.08. The van der Waals surface area contributed by atoms with E-state index in [1.165, 1.54) is 24.1 Å².